The maximum Gasteiger partial charge on any atom is 0.0182 e. The monoisotopic (exact) mass is 197 g/mol. The average molecular weight is 197 g/mol. The van der Waals surface area contributed by atoms with E-state index in [0.29, 0.717) is 0 Å². The van der Waals surface area contributed by atoms with Gasteiger partial charge in [0.15, 0.2) is 0 Å². The fraction of sp³-hybridized carbons (Fsp3) is 1.00. The predicted octanol–water partition coefficient (Wildman–Crippen LogP) is 3.86. The summed E-state index contributed by atoms with van der Waals surface area (Å²) >= 11 is 0. The van der Waals surface area contributed by atoms with Gasteiger partial charge in [0.05, 0.1) is 0 Å². The minimum atomic E-state index is 0.197. The third-order valence-corrected chi connectivity index (χ3v) is 4.00. The Bertz CT molecular complexity index is 147. The first kappa shape index (κ1) is 12.0. The van der Waals surface area contributed by atoms with Crippen LogP contribution < -0.4 is 5.73 Å². The van der Waals surface area contributed by atoms with Crippen LogP contribution in [0.3, 0.4) is 0 Å². The first-order valence-corrected chi connectivity index (χ1v) is 6.52. The number of rotatable bonds is 5. The van der Waals surface area contributed by atoms with E-state index in [2.05, 4.69) is 13.8 Å². The molecule has 1 aliphatic rings. The molecule has 1 saturated carbocycles. The smallest absolute Gasteiger partial charge is 0.0182 e. The van der Waals surface area contributed by atoms with Crippen LogP contribution in [0.5, 0.6) is 0 Å². The Kier molecular flexibility index (Phi) is 4.94. The topological polar surface area (TPSA) is 26.0 Å². The van der Waals surface area contributed by atoms with E-state index in [1.165, 1.54) is 57.8 Å². The van der Waals surface area contributed by atoms with Crippen LogP contribution >= 0.6 is 0 Å². The highest BCUT2D eigenvalue weighted by atomic mass is 14.8. The Labute approximate surface area is 89.5 Å². The van der Waals surface area contributed by atoms with Crippen molar-refractivity contribution < 1.29 is 0 Å². The summed E-state index contributed by atoms with van der Waals surface area (Å²) < 4.78 is 0. The summed E-state index contributed by atoms with van der Waals surface area (Å²) in [4.78, 5) is 0. The highest BCUT2D eigenvalue weighted by molar-refractivity contribution is 4.92. The molecular formula is C13H27N. The molecule has 1 unspecified atom stereocenters. The number of nitrogens with two attached hydrogens (primary N) is 1. The van der Waals surface area contributed by atoms with Crippen LogP contribution in [-0.4, -0.2) is 5.54 Å². The minimum absolute atomic E-state index is 0.197. The van der Waals surface area contributed by atoms with E-state index in [0.717, 1.165) is 5.92 Å². The lowest BCUT2D eigenvalue weighted by Gasteiger charge is -2.40. The second-order valence-corrected chi connectivity index (χ2v) is 5.04. The molecule has 1 nitrogen and oxygen atoms in total. The molecule has 0 radical (unpaired) electrons. The van der Waals surface area contributed by atoms with Gasteiger partial charge in [-0.1, -0.05) is 52.4 Å². The molecule has 1 fully saturated rings. The molecule has 1 aliphatic carbocycles. The van der Waals surface area contributed by atoms with E-state index in [9.17, 15) is 0 Å². The van der Waals surface area contributed by atoms with Crippen molar-refractivity contribution in [1.29, 1.82) is 0 Å². The van der Waals surface area contributed by atoms with E-state index in [1.54, 1.807) is 0 Å². The highest BCUT2D eigenvalue weighted by Crippen LogP contribution is 2.36. The molecule has 1 rings (SSSR count). The van der Waals surface area contributed by atoms with Crippen molar-refractivity contribution in [3.8, 4) is 0 Å². The fourth-order valence-corrected chi connectivity index (χ4v) is 2.97. The first-order chi connectivity index (χ1) is 6.73. The Balaban J connectivity index is 2.47. The Morgan fingerprint density at radius 1 is 1.14 bits per heavy atom. The van der Waals surface area contributed by atoms with Gasteiger partial charge in [-0.3, -0.25) is 0 Å². The van der Waals surface area contributed by atoms with Gasteiger partial charge >= 0.3 is 0 Å². The zero-order valence-corrected chi connectivity index (χ0v) is 10.0. The van der Waals surface area contributed by atoms with Gasteiger partial charge in [0.1, 0.15) is 0 Å². The summed E-state index contributed by atoms with van der Waals surface area (Å²) in [5, 5.41) is 0. The minimum Gasteiger partial charge on any atom is -0.325 e. The Morgan fingerprint density at radius 2 is 1.79 bits per heavy atom. The molecule has 0 aliphatic heterocycles. The molecule has 0 bridgehead atoms. The van der Waals surface area contributed by atoms with Gasteiger partial charge < -0.3 is 5.73 Å². The van der Waals surface area contributed by atoms with Crippen molar-refractivity contribution in [1.82, 2.24) is 0 Å². The van der Waals surface area contributed by atoms with E-state index in [1.807, 2.05) is 0 Å². The van der Waals surface area contributed by atoms with E-state index < -0.39 is 0 Å². The maximum atomic E-state index is 6.55. The fourth-order valence-electron chi connectivity index (χ4n) is 2.97. The van der Waals surface area contributed by atoms with Crippen LogP contribution in [0.4, 0.5) is 0 Å². The molecule has 2 N–H and O–H groups in total. The molecule has 0 aromatic heterocycles. The molecule has 1 heteroatoms. The van der Waals surface area contributed by atoms with Gasteiger partial charge in [-0.15, -0.1) is 0 Å². The van der Waals surface area contributed by atoms with Crippen molar-refractivity contribution >= 4 is 0 Å². The summed E-state index contributed by atoms with van der Waals surface area (Å²) in [6.07, 6.45) is 12.0. The van der Waals surface area contributed by atoms with Crippen LogP contribution in [0.1, 0.15) is 71.6 Å². The molecule has 14 heavy (non-hydrogen) atoms. The van der Waals surface area contributed by atoms with Gasteiger partial charge in [0.25, 0.3) is 0 Å². The molecule has 0 saturated heterocycles. The normalized spacial score (nSPS) is 23.4. The molecule has 1 atom stereocenters. The van der Waals surface area contributed by atoms with Crippen LogP contribution in [0.2, 0.25) is 0 Å². The highest BCUT2D eigenvalue weighted by Gasteiger charge is 2.34. The molecule has 0 spiro atoms. The summed E-state index contributed by atoms with van der Waals surface area (Å²) in [5.74, 6) is 0.780. The first-order valence-electron chi connectivity index (χ1n) is 6.52. The molecule has 0 amide bonds. The van der Waals surface area contributed by atoms with Crippen LogP contribution in [0, 0.1) is 5.92 Å². The predicted molar refractivity (Wildman–Crippen MR) is 63.3 cm³/mol. The van der Waals surface area contributed by atoms with Crippen LogP contribution in [0.25, 0.3) is 0 Å². The molecule has 0 aromatic carbocycles. The van der Waals surface area contributed by atoms with Gasteiger partial charge in [-0.2, -0.15) is 0 Å². The molecule has 84 valence electrons. The summed E-state index contributed by atoms with van der Waals surface area (Å²) in [7, 11) is 0. The lowest BCUT2D eigenvalue weighted by molar-refractivity contribution is 0.178. The van der Waals surface area contributed by atoms with Crippen molar-refractivity contribution in [3.63, 3.8) is 0 Å². The molecule has 0 heterocycles. The van der Waals surface area contributed by atoms with E-state index in [4.69, 9.17) is 5.73 Å². The lowest BCUT2D eigenvalue weighted by Crippen LogP contribution is -2.48. The molecule has 0 aromatic rings. The summed E-state index contributed by atoms with van der Waals surface area (Å²) in [6.45, 7) is 4.58. The Hall–Kier alpha value is -0.0400. The van der Waals surface area contributed by atoms with E-state index >= 15 is 0 Å². The van der Waals surface area contributed by atoms with Crippen LogP contribution in [0.15, 0.2) is 0 Å². The largest absolute Gasteiger partial charge is 0.325 e. The van der Waals surface area contributed by atoms with Gasteiger partial charge in [0.2, 0.25) is 0 Å². The summed E-state index contributed by atoms with van der Waals surface area (Å²) in [6, 6.07) is 0. The van der Waals surface area contributed by atoms with Crippen LogP contribution in [-0.2, 0) is 0 Å². The SMILES string of the molecule is CCCCC(CC)C1(N)CCCCC1. The Morgan fingerprint density at radius 3 is 2.29 bits per heavy atom. The molecular weight excluding hydrogens is 170 g/mol. The quantitative estimate of drug-likeness (QED) is 0.711. The van der Waals surface area contributed by atoms with Gasteiger partial charge in [0, 0.05) is 5.54 Å². The third kappa shape index (κ3) is 2.98. The number of unbranched alkanes of at least 4 members (excludes halogenated alkanes) is 1. The summed E-state index contributed by atoms with van der Waals surface area (Å²) in [5.41, 5.74) is 6.75. The van der Waals surface area contributed by atoms with E-state index in [-0.39, 0.29) is 5.54 Å². The van der Waals surface area contributed by atoms with Crippen molar-refractivity contribution in [2.45, 2.75) is 77.2 Å². The van der Waals surface area contributed by atoms with Crippen molar-refractivity contribution in [2.24, 2.45) is 11.7 Å². The second kappa shape index (κ2) is 5.75. The zero-order chi connectivity index (χ0) is 10.4. The number of hydrogen-bond acceptors (Lipinski definition) is 1. The average Bonchev–Trinajstić information content (AvgIpc) is 2.20. The third-order valence-electron chi connectivity index (χ3n) is 4.00. The van der Waals surface area contributed by atoms with Crippen molar-refractivity contribution in [3.05, 3.63) is 0 Å². The standard InChI is InChI=1S/C13H27N/c1-3-5-9-12(4-2)13(14)10-7-6-8-11-13/h12H,3-11,14H2,1-2H3. The zero-order valence-electron chi connectivity index (χ0n) is 10.0. The lowest BCUT2D eigenvalue weighted by atomic mass is 9.71. The second-order valence-electron chi connectivity index (χ2n) is 5.04. The van der Waals surface area contributed by atoms with Gasteiger partial charge in [-0.25, -0.2) is 0 Å². The number of hydrogen-bond donors (Lipinski definition) is 1. The van der Waals surface area contributed by atoms with Crippen molar-refractivity contribution in [2.75, 3.05) is 0 Å². The van der Waals surface area contributed by atoms with Gasteiger partial charge in [-0.05, 0) is 25.2 Å². The maximum absolute atomic E-state index is 6.55.